The Balaban J connectivity index is 2.53. The van der Waals surface area contributed by atoms with Gasteiger partial charge in [0, 0.05) is 20.1 Å². The molecule has 3 N–H and O–H groups in total. The third kappa shape index (κ3) is 8.69. The van der Waals surface area contributed by atoms with Crippen LogP contribution >= 0.6 is 0 Å². The van der Waals surface area contributed by atoms with E-state index in [9.17, 15) is 9.18 Å². The number of benzene rings is 1. The van der Waals surface area contributed by atoms with Crippen LogP contribution in [0.2, 0.25) is 0 Å². The van der Waals surface area contributed by atoms with Crippen LogP contribution in [0.3, 0.4) is 0 Å². The van der Waals surface area contributed by atoms with Crippen LogP contribution < -0.4 is 16.0 Å². The molecule has 1 aromatic carbocycles. The van der Waals surface area contributed by atoms with E-state index in [1.807, 2.05) is 40.7 Å². The zero-order chi connectivity index (χ0) is 19.7. The Kier molecular flexibility index (Phi) is 8.35. The number of amides is 1. The Hall–Kier alpha value is -2.31. The summed E-state index contributed by atoms with van der Waals surface area (Å²) in [5.74, 6) is 0.510. The molecule has 0 saturated carbocycles. The largest absolute Gasteiger partial charge is 0.444 e. The van der Waals surface area contributed by atoms with Crippen LogP contribution in [0.1, 0.15) is 40.2 Å². The van der Waals surface area contributed by atoms with Crippen molar-refractivity contribution in [2.24, 2.45) is 10.9 Å². The number of halogens is 1. The molecule has 1 unspecified atom stereocenters. The molecule has 0 aliphatic rings. The van der Waals surface area contributed by atoms with Gasteiger partial charge in [0.25, 0.3) is 0 Å². The molecule has 1 aromatic rings. The van der Waals surface area contributed by atoms with E-state index in [0.717, 1.165) is 5.56 Å². The highest BCUT2D eigenvalue weighted by Crippen LogP contribution is 2.08. The molecule has 0 heterocycles. The molecule has 0 aromatic heterocycles. The number of guanidine groups is 1. The Morgan fingerprint density at radius 1 is 1.27 bits per heavy atom. The Bertz CT molecular complexity index is 612. The molecule has 0 aliphatic heterocycles. The number of alkyl carbamates (subject to hydrolysis) is 1. The summed E-state index contributed by atoms with van der Waals surface area (Å²) in [5.41, 5.74) is 0.280. The van der Waals surface area contributed by atoms with Gasteiger partial charge in [0.05, 0.1) is 6.04 Å². The summed E-state index contributed by atoms with van der Waals surface area (Å²) in [4.78, 5) is 16.1. The van der Waals surface area contributed by atoms with Crippen LogP contribution in [-0.2, 0) is 11.3 Å². The van der Waals surface area contributed by atoms with Crippen molar-refractivity contribution in [1.29, 1.82) is 0 Å². The second-order valence-corrected chi connectivity index (χ2v) is 7.43. The minimum absolute atomic E-state index is 0.127. The number of nitrogens with zero attached hydrogens (tertiary/aromatic N) is 1. The second-order valence-electron chi connectivity index (χ2n) is 7.43. The van der Waals surface area contributed by atoms with E-state index in [-0.39, 0.29) is 17.8 Å². The molecule has 7 heteroatoms. The fourth-order valence-corrected chi connectivity index (χ4v) is 2.17. The summed E-state index contributed by atoms with van der Waals surface area (Å²) in [5, 5.41) is 9.18. The predicted molar refractivity (Wildman–Crippen MR) is 103 cm³/mol. The maximum Gasteiger partial charge on any atom is 0.407 e. The molecule has 6 nitrogen and oxygen atoms in total. The number of hydrogen-bond donors (Lipinski definition) is 3. The highest BCUT2D eigenvalue weighted by atomic mass is 19.1. The molecule has 0 spiro atoms. The maximum absolute atomic E-state index is 13.2. The summed E-state index contributed by atoms with van der Waals surface area (Å²) >= 11 is 0. The van der Waals surface area contributed by atoms with Gasteiger partial charge in [0.2, 0.25) is 0 Å². The van der Waals surface area contributed by atoms with Gasteiger partial charge in [-0.25, -0.2) is 9.18 Å². The minimum atomic E-state index is -0.540. The lowest BCUT2D eigenvalue weighted by Gasteiger charge is -2.26. The molecule has 0 saturated heterocycles. The van der Waals surface area contributed by atoms with Crippen molar-refractivity contribution in [3.05, 3.63) is 35.6 Å². The lowest BCUT2D eigenvalue weighted by Crippen LogP contribution is -2.50. The number of aliphatic imine (C=N–C) groups is 1. The normalized spacial score (nSPS) is 13.3. The smallest absolute Gasteiger partial charge is 0.407 e. The fourth-order valence-electron chi connectivity index (χ4n) is 2.17. The average Bonchev–Trinajstić information content (AvgIpc) is 2.52. The Morgan fingerprint density at radius 2 is 1.96 bits per heavy atom. The summed E-state index contributed by atoms with van der Waals surface area (Å²) in [6.45, 7) is 10.5. The van der Waals surface area contributed by atoms with E-state index in [2.05, 4.69) is 20.9 Å². The monoisotopic (exact) mass is 366 g/mol. The van der Waals surface area contributed by atoms with Gasteiger partial charge in [0.1, 0.15) is 11.4 Å². The predicted octanol–water partition coefficient (Wildman–Crippen LogP) is 3.04. The van der Waals surface area contributed by atoms with Gasteiger partial charge in [-0.15, -0.1) is 0 Å². The highest BCUT2D eigenvalue weighted by Gasteiger charge is 2.21. The van der Waals surface area contributed by atoms with Crippen molar-refractivity contribution in [2.45, 2.75) is 52.8 Å². The zero-order valence-electron chi connectivity index (χ0n) is 16.5. The van der Waals surface area contributed by atoms with Gasteiger partial charge >= 0.3 is 6.09 Å². The van der Waals surface area contributed by atoms with E-state index < -0.39 is 11.7 Å². The highest BCUT2D eigenvalue weighted by molar-refractivity contribution is 5.79. The SMILES string of the molecule is CN=C(NCc1cccc(F)c1)NCC(NC(=O)OC(C)(C)C)C(C)C. The molecule has 26 heavy (non-hydrogen) atoms. The standard InChI is InChI=1S/C19H31FN4O2/c1-13(2)16(24-18(25)26-19(3,4)5)12-23-17(21-6)22-11-14-8-7-9-15(20)10-14/h7-10,13,16H,11-12H2,1-6H3,(H,24,25)(H2,21,22,23). The van der Waals surface area contributed by atoms with E-state index in [1.165, 1.54) is 12.1 Å². The van der Waals surface area contributed by atoms with Gasteiger partial charge in [0.15, 0.2) is 5.96 Å². The van der Waals surface area contributed by atoms with Gasteiger partial charge in [-0.3, -0.25) is 4.99 Å². The third-order valence-corrected chi connectivity index (χ3v) is 3.57. The van der Waals surface area contributed by atoms with Crippen molar-refractivity contribution in [2.75, 3.05) is 13.6 Å². The minimum Gasteiger partial charge on any atom is -0.444 e. The lowest BCUT2D eigenvalue weighted by atomic mass is 10.0. The van der Waals surface area contributed by atoms with E-state index in [4.69, 9.17) is 4.74 Å². The van der Waals surface area contributed by atoms with Crippen LogP contribution in [0.5, 0.6) is 0 Å². The van der Waals surface area contributed by atoms with Crippen molar-refractivity contribution >= 4 is 12.1 Å². The van der Waals surface area contributed by atoms with Crippen LogP contribution in [0, 0.1) is 11.7 Å². The van der Waals surface area contributed by atoms with Gasteiger partial charge in [-0.1, -0.05) is 26.0 Å². The number of nitrogens with one attached hydrogen (secondary N) is 3. The first-order valence-corrected chi connectivity index (χ1v) is 8.79. The summed E-state index contributed by atoms with van der Waals surface area (Å²) in [6.07, 6.45) is -0.444. The average molecular weight is 366 g/mol. The molecular weight excluding hydrogens is 335 g/mol. The first-order chi connectivity index (χ1) is 12.1. The lowest BCUT2D eigenvalue weighted by molar-refractivity contribution is 0.0491. The van der Waals surface area contributed by atoms with Crippen LogP contribution in [0.25, 0.3) is 0 Å². The molecule has 0 aliphatic carbocycles. The van der Waals surface area contributed by atoms with E-state index >= 15 is 0 Å². The van der Waals surface area contributed by atoms with E-state index in [0.29, 0.717) is 19.0 Å². The molecule has 0 radical (unpaired) electrons. The van der Waals surface area contributed by atoms with Crippen molar-refractivity contribution in [3.8, 4) is 0 Å². The van der Waals surface area contributed by atoms with Gasteiger partial charge < -0.3 is 20.7 Å². The molecule has 0 fully saturated rings. The number of ether oxygens (including phenoxy) is 1. The topological polar surface area (TPSA) is 74.8 Å². The van der Waals surface area contributed by atoms with Crippen molar-refractivity contribution in [1.82, 2.24) is 16.0 Å². The molecular formula is C19H31FN4O2. The quantitative estimate of drug-likeness (QED) is 0.534. The second kappa shape index (κ2) is 9.99. The Labute approximate surface area is 155 Å². The fraction of sp³-hybridized carbons (Fsp3) is 0.579. The third-order valence-electron chi connectivity index (χ3n) is 3.57. The maximum atomic E-state index is 13.2. The first-order valence-electron chi connectivity index (χ1n) is 8.79. The van der Waals surface area contributed by atoms with Gasteiger partial charge in [-0.2, -0.15) is 0 Å². The number of rotatable bonds is 6. The van der Waals surface area contributed by atoms with Crippen LogP contribution in [0.15, 0.2) is 29.3 Å². The first kappa shape index (κ1) is 21.7. The van der Waals surface area contributed by atoms with Gasteiger partial charge in [-0.05, 0) is 44.4 Å². The van der Waals surface area contributed by atoms with Crippen molar-refractivity contribution < 1.29 is 13.9 Å². The van der Waals surface area contributed by atoms with Crippen LogP contribution in [-0.4, -0.2) is 37.3 Å². The number of carbonyl (C=O) groups is 1. The summed E-state index contributed by atoms with van der Waals surface area (Å²) < 4.78 is 18.5. The van der Waals surface area contributed by atoms with Crippen LogP contribution in [0.4, 0.5) is 9.18 Å². The van der Waals surface area contributed by atoms with Crippen molar-refractivity contribution in [3.63, 3.8) is 0 Å². The Morgan fingerprint density at radius 3 is 2.50 bits per heavy atom. The molecule has 146 valence electrons. The zero-order valence-corrected chi connectivity index (χ0v) is 16.5. The molecule has 0 bridgehead atoms. The molecule has 1 atom stereocenters. The summed E-state index contributed by atoms with van der Waals surface area (Å²) in [7, 11) is 1.66. The molecule has 1 rings (SSSR count). The van der Waals surface area contributed by atoms with E-state index in [1.54, 1.807) is 13.1 Å². The summed E-state index contributed by atoms with van der Waals surface area (Å²) in [6, 6.07) is 6.26. The number of hydrogen-bond acceptors (Lipinski definition) is 3. The number of carbonyl (C=O) groups excluding carboxylic acids is 1. The molecule has 1 amide bonds.